The summed E-state index contributed by atoms with van der Waals surface area (Å²) in [6, 6.07) is 3.92. The van der Waals surface area contributed by atoms with Crippen molar-refractivity contribution < 1.29 is 9.32 Å². The van der Waals surface area contributed by atoms with Gasteiger partial charge in [0.2, 0.25) is 17.6 Å². The molecule has 1 aliphatic carbocycles. The van der Waals surface area contributed by atoms with Crippen LogP contribution in [0.4, 0.5) is 0 Å². The minimum atomic E-state index is 0.114. The molecule has 1 amide bonds. The van der Waals surface area contributed by atoms with E-state index >= 15 is 0 Å². The molecular weight excluding hydrogens is 366 g/mol. The van der Waals surface area contributed by atoms with Crippen molar-refractivity contribution in [3.05, 3.63) is 30.4 Å². The van der Waals surface area contributed by atoms with Crippen LogP contribution in [0.2, 0.25) is 0 Å². The van der Waals surface area contributed by atoms with Crippen LogP contribution >= 0.6 is 0 Å². The Hall–Kier alpha value is -2.28. The van der Waals surface area contributed by atoms with E-state index < -0.39 is 0 Å². The Balaban J connectivity index is 1.20. The molecule has 0 radical (unpaired) electrons. The molecule has 5 rings (SSSR count). The third-order valence-electron chi connectivity index (χ3n) is 6.98. The zero-order chi connectivity index (χ0) is 19.8. The molecule has 1 saturated carbocycles. The lowest BCUT2D eigenvalue weighted by atomic mass is 9.77. The van der Waals surface area contributed by atoms with E-state index in [9.17, 15) is 4.79 Å². The average molecular weight is 396 g/mol. The van der Waals surface area contributed by atoms with Crippen LogP contribution in [-0.2, 0) is 4.79 Å². The van der Waals surface area contributed by atoms with E-state index in [-0.39, 0.29) is 11.5 Å². The average Bonchev–Trinajstić information content (AvgIpc) is 3.33. The molecule has 29 heavy (non-hydrogen) atoms. The van der Waals surface area contributed by atoms with Crippen molar-refractivity contribution in [2.75, 3.05) is 26.7 Å². The Morgan fingerprint density at radius 1 is 1.24 bits per heavy atom. The highest BCUT2D eigenvalue weighted by Gasteiger charge is 2.53. The maximum atomic E-state index is 12.7. The molecular formula is C22H29N5O2. The summed E-state index contributed by atoms with van der Waals surface area (Å²) >= 11 is 0. The second kappa shape index (κ2) is 7.52. The van der Waals surface area contributed by atoms with Crippen molar-refractivity contribution in [3.63, 3.8) is 0 Å². The number of carbonyl (C=O) groups excluding carboxylic acids is 1. The van der Waals surface area contributed by atoms with E-state index in [2.05, 4.69) is 32.0 Å². The van der Waals surface area contributed by atoms with Gasteiger partial charge in [0.25, 0.3) is 0 Å². The fraction of sp³-hybridized carbons (Fsp3) is 0.636. The van der Waals surface area contributed by atoms with Gasteiger partial charge in [-0.25, -0.2) is 0 Å². The zero-order valence-corrected chi connectivity index (χ0v) is 17.1. The predicted molar refractivity (Wildman–Crippen MR) is 108 cm³/mol. The number of nitrogens with zero attached hydrogens (tertiary/aromatic N) is 5. The number of hydrogen-bond acceptors (Lipinski definition) is 6. The van der Waals surface area contributed by atoms with E-state index in [0.29, 0.717) is 23.5 Å². The Morgan fingerprint density at radius 3 is 2.83 bits per heavy atom. The largest absolute Gasteiger partial charge is 0.341 e. The van der Waals surface area contributed by atoms with Crippen LogP contribution in [-0.4, -0.2) is 57.5 Å². The summed E-state index contributed by atoms with van der Waals surface area (Å²) < 4.78 is 5.60. The number of rotatable bonds is 4. The smallest absolute Gasteiger partial charge is 0.244 e. The number of hydrogen-bond donors (Lipinski definition) is 0. The summed E-state index contributed by atoms with van der Waals surface area (Å²) in [5, 5.41) is 4.15. The highest BCUT2D eigenvalue weighted by atomic mass is 16.5. The summed E-state index contributed by atoms with van der Waals surface area (Å²) in [5.41, 5.74) is 1.03. The lowest BCUT2D eigenvalue weighted by molar-refractivity contribution is -0.144. The van der Waals surface area contributed by atoms with Crippen molar-refractivity contribution in [2.45, 2.75) is 51.0 Å². The first-order valence-electron chi connectivity index (χ1n) is 10.8. The van der Waals surface area contributed by atoms with Gasteiger partial charge in [0.05, 0.1) is 6.04 Å². The quantitative estimate of drug-likeness (QED) is 0.791. The molecule has 0 N–H and O–H groups in total. The van der Waals surface area contributed by atoms with E-state index in [1.54, 1.807) is 12.4 Å². The normalized spacial score (nSPS) is 24.7. The topological polar surface area (TPSA) is 75.4 Å². The monoisotopic (exact) mass is 395 g/mol. The first-order valence-corrected chi connectivity index (χ1v) is 10.8. The molecule has 7 heteroatoms. The molecule has 1 spiro atoms. The molecule has 4 heterocycles. The van der Waals surface area contributed by atoms with Crippen molar-refractivity contribution in [1.29, 1.82) is 0 Å². The molecule has 3 fully saturated rings. The molecule has 154 valence electrons. The SMILES string of the molecule is CN1CC2(C[C@H]1c1nc(-c3cccnc3)no1)CN(C(=O)CC1CCCCC1)C2. The van der Waals surface area contributed by atoms with Gasteiger partial charge in [-0.2, -0.15) is 4.98 Å². The number of amides is 1. The standard InChI is InChI=1S/C22H29N5O2/c1-26-13-22(14-27(15-22)19(28)10-16-6-3-2-4-7-16)11-18(26)21-24-20(25-29-21)17-8-5-9-23-12-17/h5,8-9,12,16,18H,2-4,6-7,10-11,13-15H2,1H3/t18-/m0/s1. The van der Waals surface area contributed by atoms with Crippen LogP contribution < -0.4 is 0 Å². The Labute approximate surface area is 171 Å². The van der Waals surface area contributed by atoms with E-state index in [1.807, 2.05) is 12.1 Å². The number of carbonyl (C=O) groups is 1. The van der Waals surface area contributed by atoms with Gasteiger partial charge in [-0.1, -0.05) is 24.4 Å². The van der Waals surface area contributed by atoms with Crippen molar-refractivity contribution in [3.8, 4) is 11.4 Å². The number of pyridine rings is 1. The van der Waals surface area contributed by atoms with Gasteiger partial charge >= 0.3 is 0 Å². The summed E-state index contributed by atoms with van der Waals surface area (Å²) in [5.74, 6) is 2.21. The molecule has 2 aromatic rings. The van der Waals surface area contributed by atoms with Gasteiger partial charge < -0.3 is 9.42 Å². The molecule has 2 aliphatic heterocycles. The molecule has 3 aliphatic rings. The molecule has 0 bridgehead atoms. The Bertz CT molecular complexity index is 855. The summed E-state index contributed by atoms with van der Waals surface area (Å²) in [6.07, 6.45) is 11.6. The van der Waals surface area contributed by atoms with Gasteiger partial charge in [0, 0.05) is 49.4 Å². The molecule has 0 aromatic carbocycles. The maximum absolute atomic E-state index is 12.7. The molecule has 1 atom stereocenters. The van der Waals surface area contributed by atoms with Crippen molar-refractivity contribution in [1.82, 2.24) is 24.9 Å². The van der Waals surface area contributed by atoms with Gasteiger partial charge in [-0.05, 0) is 44.4 Å². The number of likely N-dealkylation sites (tertiary alicyclic amines) is 2. The highest BCUT2D eigenvalue weighted by Crippen LogP contribution is 2.47. The van der Waals surface area contributed by atoms with Crippen molar-refractivity contribution >= 4 is 5.91 Å². The Morgan fingerprint density at radius 2 is 2.07 bits per heavy atom. The first kappa shape index (κ1) is 18.7. The lowest BCUT2D eigenvalue weighted by Gasteiger charge is -2.48. The summed E-state index contributed by atoms with van der Waals surface area (Å²) in [6.45, 7) is 2.70. The molecule has 2 aromatic heterocycles. The minimum Gasteiger partial charge on any atom is -0.341 e. The molecule has 0 unspecified atom stereocenters. The van der Waals surface area contributed by atoms with Crippen LogP contribution in [0.1, 0.15) is 56.9 Å². The first-order chi connectivity index (χ1) is 14.1. The van der Waals surface area contributed by atoms with Crippen LogP contribution in [0.15, 0.2) is 29.0 Å². The maximum Gasteiger partial charge on any atom is 0.244 e. The van der Waals surface area contributed by atoms with Gasteiger partial charge in [-0.15, -0.1) is 0 Å². The second-order valence-corrected chi connectivity index (χ2v) is 9.29. The zero-order valence-electron chi connectivity index (χ0n) is 17.1. The fourth-order valence-electron chi connectivity index (χ4n) is 5.46. The van der Waals surface area contributed by atoms with Gasteiger partial charge in [-0.3, -0.25) is 14.7 Å². The lowest BCUT2D eigenvalue weighted by Crippen LogP contribution is -2.59. The summed E-state index contributed by atoms with van der Waals surface area (Å²) in [4.78, 5) is 25.8. The minimum absolute atomic E-state index is 0.114. The van der Waals surface area contributed by atoms with E-state index in [1.165, 1.54) is 32.1 Å². The van der Waals surface area contributed by atoms with E-state index in [0.717, 1.165) is 38.0 Å². The molecule has 2 saturated heterocycles. The highest BCUT2D eigenvalue weighted by molar-refractivity contribution is 5.77. The molecule has 7 nitrogen and oxygen atoms in total. The van der Waals surface area contributed by atoms with E-state index in [4.69, 9.17) is 4.52 Å². The predicted octanol–water partition coefficient (Wildman–Crippen LogP) is 3.31. The number of aromatic nitrogens is 3. The second-order valence-electron chi connectivity index (χ2n) is 9.29. The fourth-order valence-corrected chi connectivity index (χ4v) is 5.46. The third kappa shape index (κ3) is 3.68. The van der Waals surface area contributed by atoms with Crippen LogP contribution in [0.25, 0.3) is 11.4 Å². The third-order valence-corrected chi connectivity index (χ3v) is 6.98. The van der Waals surface area contributed by atoms with Crippen LogP contribution in [0, 0.1) is 11.3 Å². The van der Waals surface area contributed by atoms with Crippen LogP contribution in [0.5, 0.6) is 0 Å². The van der Waals surface area contributed by atoms with Crippen LogP contribution in [0.3, 0.4) is 0 Å². The van der Waals surface area contributed by atoms with Gasteiger partial charge in [0.1, 0.15) is 0 Å². The summed E-state index contributed by atoms with van der Waals surface area (Å²) in [7, 11) is 2.11. The Kier molecular flexibility index (Phi) is 4.86. The van der Waals surface area contributed by atoms with Crippen molar-refractivity contribution in [2.24, 2.45) is 11.3 Å². The van der Waals surface area contributed by atoms with Gasteiger partial charge in [0.15, 0.2) is 0 Å².